The first-order valence-electron chi connectivity index (χ1n) is 5.72. The molecule has 1 aromatic rings. The van der Waals surface area contributed by atoms with E-state index in [2.05, 4.69) is 11.8 Å². The van der Waals surface area contributed by atoms with Crippen molar-refractivity contribution in [3.63, 3.8) is 0 Å². The van der Waals surface area contributed by atoms with Crippen LogP contribution in [0, 0.1) is 17.7 Å². The van der Waals surface area contributed by atoms with Gasteiger partial charge in [-0.3, -0.25) is 0 Å². The van der Waals surface area contributed by atoms with Crippen molar-refractivity contribution in [1.29, 1.82) is 0 Å². The Kier molecular flexibility index (Phi) is 7.51. The van der Waals surface area contributed by atoms with Crippen LogP contribution >= 0.6 is 11.8 Å². The van der Waals surface area contributed by atoms with E-state index >= 15 is 0 Å². The molecule has 0 amide bonds. The first kappa shape index (κ1) is 15.0. The highest BCUT2D eigenvalue weighted by Gasteiger charge is 2.02. The lowest BCUT2D eigenvalue weighted by Crippen LogP contribution is -1.93. The first-order valence-corrected chi connectivity index (χ1v) is 6.88. The minimum absolute atomic E-state index is 0.211. The molecule has 0 unspecified atom stereocenters. The second kappa shape index (κ2) is 8.98. The number of aliphatic hydroxyl groups excluding tert-OH is 1. The van der Waals surface area contributed by atoms with Crippen LogP contribution in [-0.2, 0) is 10.5 Å². The number of halogens is 1. The van der Waals surface area contributed by atoms with E-state index < -0.39 is 0 Å². The highest BCUT2D eigenvalue weighted by molar-refractivity contribution is 7.98. The predicted molar refractivity (Wildman–Crippen MR) is 73.0 cm³/mol. The number of ether oxygens (including phenoxy) is 1. The Hall–Kier alpha value is -1.02. The summed E-state index contributed by atoms with van der Waals surface area (Å²) >= 11 is 1.77. The van der Waals surface area contributed by atoms with E-state index in [1.807, 2.05) is 0 Å². The zero-order chi connectivity index (χ0) is 13.2. The summed E-state index contributed by atoms with van der Waals surface area (Å²) < 4.78 is 18.1. The van der Waals surface area contributed by atoms with Crippen molar-refractivity contribution < 1.29 is 14.2 Å². The van der Waals surface area contributed by atoms with Crippen LogP contribution in [0.4, 0.5) is 4.39 Å². The molecule has 4 heteroatoms. The lowest BCUT2D eigenvalue weighted by Gasteiger charge is -2.05. The number of hydrogen-bond acceptors (Lipinski definition) is 3. The molecule has 0 aliphatic rings. The summed E-state index contributed by atoms with van der Waals surface area (Å²) in [4.78, 5) is 0. The second-order valence-corrected chi connectivity index (χ2v) is 4.77. The van der Waals surface area contributed by atoms with Gasteiger partial charge in [-0.2, -0.15) is 11.8 Å². The fourth-order valence-corrected chi connectivity index (χ4v) is 2.35. The van der Waals surface area contributed by atoms with E-state index in [-0.39, 0.29) is 12.4 Å². The number of hydrogen-bond donors (Lipinski definition) is 1. The Labute approximate surface area is 112 Å². The van der Waals surface area contributed by atoms with Crippen LogP contribution in [0.25, 0.3) is 0 Å². The van der Waals surface area contributed by atoms with Gasteiger partial charge in [-0.25, -0.2) is 4.39 Å². The monoisotopic (exact) mass is 268 g/mol. The topological polar surface area (TPSA) is 29.5 Å². The molecule has 0 fully saturated rings. The van der Waals surface area contributed by atoms with Gasteiger partial charge < -0.3 is 9.84 Å². The van der Waals surface area contributed by atoms with Crippen molar-refractivity contribution >= 4 is 11.8 Å². The minimum Gasteiger partial charge on any atom is -0.385 e. The molecule has 0 atom stereocenters. The molecule has 0 radical (unpaired) electrons. The molecule has 0 heterocycles. The van der Waals surface area contributed by atoms with Crippen molar-refractivity contribution in [2.24, 2.45) is 0 Å². The fraction of sp³-hybridized carbons (Fsp3) is 0.429. The first-order chi connectivity index (χ1) is 8.77. The number of thioether (sulfide) groups is 1. The SMILES string of the molecule is COCCCSCc1ccc(F)cc1C#CCO. The van der Waals surface area contributed by atoms with Crippen molar-refractivity contribution in [2.75, 3.05) is 26.1 Å². The summed E-state index contributed by atoms with van der Waals surface area (Å²) in [6, 6.07) is 4.60. The standard InChI is InChI=1S/C14H17FO2S/c1-17-8-3-9-18-11-13-5-6-14(15)10-12(13)4-2-7-16/h5-6,10,16H,3,7-9,11H2,1H3. The summed E-state index contributed by atoms with van der Waals surface area (Å²) in [7, 11) is 1.69. The summed E-state index contributed by atoms with van der Waals surface area (Å²) in [5.41, 5.74) is 1.66. The molecule has 0 spiro atoms. The van der Waals surface area contributed by atoms with Crippen molar-refractivity contribution in [2.45, 2.75) is 12.2 Å². The van der Waals surface area contributed by atoms with E-state index in [4.69, 9.17) is 9.84 Å². The van der Waals surface area contributed by atoms with Crippen molar-refractivity contribution in [1.82, 2.24) is 0 Å². The molecule has 0 saturated carbocycles. The minimum atomic E-state index is -0.301. The molecule has 0 aliphatic heterocycles. The van der Waals surface area contributed by atoms with Gasteiger partial charge in [-0.1, -0.05) is 17.9 Å². The predicted octanol–water partition coefficient (Wildman–Crippen LogP) is 2.44. The molecule has 0 saturated heterocycles. The van der Waals surface area contributed by atoms with Crippen LogP contribution < -0.4 is 0 Å². The van der Waals surface area contributed by atoms with Gasteiger partial charge >= 0.3 is 0 Å². The summed E-state index contributed by atoms with van der Waals surface area (Å²) in [6.07, 6.45) is 1.00. The van der Waals surface area contributed by atoms with E-state index in [0.717, 1.165) is 30.1 Å². The molecule has 98 valence electrons. The molecule has 0 aromatic heterocycles. The average Bonchev–Trinajstić information content (AvgIpc) is 2.38. The van der Waals surface area contributed by atoms with Gasteiger partial charge in [0.25, 0.3) is 0 Å². The van der Waals surface area contributed by atoms with Gasteiger partial charge in [0.05, 0.1) is 0 Å². The molecular formula is C14H17FO2S. The number of aliphatic hydroxyl groups is 1. The summed E-state index contributed by atoms with van der Waals surface area (Å²) in [5.74, 6) is 6.82. The molecule has 0 bridgehead atoms. The summed E-state index contributed by atoms with van der Waals surface area (Å²) in [6.45, 7) is 0.546. The van der Waals surface area contributed by atoms with Gasteiger partial charge in [0.1, 0.15) is 12.4 Å². The molecule has 0 aliphatic carbocycles. The Morgan fingerprint density at radius 3 is 3.00 bits per heavy atom. The van der Waals surface area contributed by atoms with Gasteiger partial charge in [-0.05, 0) is 29.9 Å². The van der Waals surface area contributed by atoms with Gasteiger partial charge in [-0.15, -0.1) is 0 Å². The molecule has 1 N–H and O–H groups in total. The third kappa shape index (κ3) is 5.54. The third-order valence-electron chi connectivity index (χ3n) is 2.27. The Bertz CT molecular complexity index is 424. The van der Waals surface area contributed by atoms with Crippen LogP contribution in [-0.4, -0.2) is 31.2 Å². The molecule has 1 rings (SSSR count). The highest BCUT2D eigenvalue weighted by Crippen LogP contribution is 2.18. The summed E-state index contributed by atoms with van der Waals surface area (Å²) in [5, 5.41) is 8.67. The smallest absolute Gasteiger partial charge is 0.124 e. The second-order valence-electron chi connectivity index (χ2n) is 3.66. The fourth-order valence-electron chi connectivity index (χ4n) is 1.41. The normalized spacial score (nSPS) is 9.94. The molecule has 1 aromatic carbocycles. The molecular weight excluding hydrogens is 251 g/mol. The molecule has 18 heavy (non-hydrogen) atoms. The van der Waals surface area contributed by atoms with Crippen LogP contribution in [0.2, 0.25) is 0 Å². The van der Waals surface area contributed by atoms with Crippen LogP contribution in [0.1, 0.15) is 17.5 Å². The lowest BCUT2D eigenvalue weighted by atomic mass is 10.1. The van der Waals surface area contributed by atoms with Crippen molar-refractivity contribution in [3.05, 3.63) is 35.1 Å². The zero-order valence-corrected chi connectivity index (χ0v) is 11.2. The quantitative estimate of drug-likeness (QED) is 0.635. The number of methoxy groups -OCH3 is 1. The van der Waals surface area contributed by atoms with E-state index in [1.165, 1.54) is 12.1 Å². The Morgan fingerprint density at radius 2 is 2.28 bits per heavy atom. The van der Waals surface area contributed by atoms with E-state index in [1.54, 1.807) is 24.9 Å². The largest absolute Gasteiger partial charge is 0.385 e. The van der Waals surface area contributed by atoms with Gasteiger partial charge in [0, 0.05) is 25.0 Å². The van der Waals surface area contributed by atoms with Gasteiger partial charge in [0.15, 0.2) is 0 Å². The third-order valence-corrected chi connectivity index (χ3v) is 3.36. The highest BCUT2D eigenvalue weighted by atomic mass is 32.2. The van der Waals surface area contributed by atoms with E-state index in [0.29, 0.717) is 5.56 Å². The Balaban J connectivity index is 2.58. The Morgan fingerprint density at radius 1 is 1.44 bits per heavy atom. The van der Waals surface area contributed by atoms with Crippen molar-refractivity contribution in [3.8, 4) is 11.8 Å². The van der Waals surface area contributed by atoms with E-state index in [9.17, 15) is 4.39 Å². The number of benzene rings is 1. The van der Waals surface area contributed by atoms with Gasteiger partial charge in [0.2, 0.25) is 0 Å². The number of rotatable bonds is 6. The van der Waals surface area contributed by atoms with Crippen LogP contribution in [0.3, 0.4) is 0 Å². The zero-order valence-electron chi connectivity index (χ0n) is 10.4. The van der Waals surface area contributed by atoms with Crippen LogP contribution in [0.5, 0.6) is 0 Å². The average molecular weight is 268 g/mol. The maximum atomic E-state index is 13.1. The molecule has 2 nitrogen and oxygen atoms in total. The lowest BCUT2D eigenvalue weighted by molar-refractivity contribution is 0.200. The van der Waals surface area contributed by atoms with Crippen LogP contribution in [0.15, 0.2) is 18.2 Å². The maximum absolute atomic E-state index is 13.1. The maximum Gasteiger partial charge on any atom is 0.124 e.